The highest BCUT2D eigenvalue weighted by Crippen LogP contribution is 2.22. The van der Waals surface area contributed by atoms with Crippen LogP contribution in [0.3, 0.4) is 0 Å². The van der Waals surface area contributed by atoms with Gasteiger partial charge in [-0.2, -0.15) is 0 Å². The number of hydrogen-bond donors (Lipinski definition) is 1. The molecule has 1 atom stereocenters. The van der Waals surface area contributed by atoms with Crippen molar-refractivity contribution in [1.29, 1.82) is 0 Å². The summed E-state index contributed by atoms with van der Waals surface area (Å²) in [6, 6.07) is 0. The highest BCUT2D eigenvalue weighted by molar-refractivity contribution is 7.88. The van der Waals surface area contributed by atoms with Crippen molar-refractivity contribution < 1.29 is 8.42 Å². The van der Waals surface area contributed by atoms with E-state index in [0.717, 1.165) is 32.0 Å². The number of halogens is 1. The molecule has 0 aromatic heterocycles. The van der Waals surface area contributed by atoms with Crippen molar-refractivity contribution in [3.8, 4) is 0 Å². The average Bonchev–Trinajstić information content (AvgIpc) is 2.41. The van der Waals surface area contributed by atoms with Gasteiger partial charge in [0.25, 0.3) is 0 Å². The van der Waals surface area contributed by atoms with Gasteiger partial charge in [-0.25, -0.2) is 12.7 Å². The van der Waals surface area contributed by atoms with E-state index in [1.165, 1.54) is 38.6 Å². The Balaban J connectivity index is 0.00000220. The first-order valence-electron chi connectivity index (χ1n) is 7.81. The lowest BCUT2D eigenvalue weighted by Crippen LogP contribution is -2.45. The van der Waals surface area contributed by atoms with Crippen LogP contribution in [0.4, 0.5) is 0 Å². The van der Waals surface area contributed by atoms with E-state index < -0.39 is 10.0 Å². The van der Waals surface area contributed by atoms with Gasteiger partial charge in [0.2, 0.25) is 10.0 Å². The lowest BCUT2D eigenvalue weighted by molar-refractivity contribution is 0.135. The fraction of sp³-hybridized carbons (Fsp3) is 1.00. The Bertz CT molecular complexity index is 397. The molecule has 2 heterocycles. The zero-order chi connectivity index (χ0) is 14.6. The predicted molar refractivity (Wildman–Crippen MR) is 89.5 cm³/mol. The molecule has 1 N–H and O–H groups in total. The number of sulfonamides is 1. The van der Waals surface area contributed by atoms with Crippen LogP contribution in [0.15, 0.2) is 0 Å². The smallest absolute Gasteiger partial charge is 0.211 e. The molecule has 2 aliphatic rings. The third-order valence-corrected chi connectivity index (χ3v) is 5.94. The second-order valence-corrected chi connectivity index (χ2v) is 8.41. The first kappa shape index (κ1) is 19.2. The molecule has 2 aliphatic heterocycles. The second-order valence-electron chi connectivity index (χ2n) is 6.43. The number of nitrogens with zero attached hydrogens (tertiary/aromatic N) is 2. The molecule has 126 valence electrons. The lowest BCUT2D eigenvalue weighted by atomic mass is 9.94. The largest absolute Gasteiger partial charge is 0.319 e. The van der Waals surface area contributed by atoms with Gasteiger partial charge in [-0.1, -0.05) is 0 Å². The lowest BCUT2D eigenvalue weighted by Gasteiger charge is -2.37. The van der Waals surface area contributed by atoms with E-state index in [9.17, 15) is 8.42 Å². The summed E-state index contributed by atoms with van der Waals surface area (Å²) in [7, 11) is -0.987. The van der Waals surface area contributed by atoms with Gasteiger partial charge in [0, 0.05) is 19.6 Å². The van der Waals surface area contributed by atoms with Crippen LogP contribution >= 0.6 is 12.4 Å². The van der Waals surface area contributed by atoms with E-state index >= 15 is 0 Å². The second kappa shape index (κ2) is 8.67. The van der Waals surface area contributed by atoms with Crippen molar-refractivity contribution >= 4 is 22.4 Å². The molecule has 5 nitrogen and oxygen atoms in total. The van der Waals surface area contributed by atoms with Crippen LogP contribution in [0, 0.1) is 11.8 Å². The summed E-state index contributed by atoms with van der Waals surface area (Å²) in [6.45, 7) is 5.95. The van der Waals surface area contributed by atoms with Crippen molar-refractivity contribution in [3.63, 3.8) is 0 Å². The minimum absolute atomic E-state index is 0. The third-order valence-electron chi connectivity index (χ3n) is 4.67. The summed E-state index contributed by atoms with van der Waals surface area (Å²) >= 11 is 0. The van der Waals surface area contributed by atoms with Crippen LogP contribution in [0.2, 0.25) is 0 Å². The summed E-state index contributed by atoms with van der Waals surface area (Å²) in [5, 5.41) is 3.26. The summed E-state index contributed by atoms with van der Waals surface area (Å²) in [6.07, 6.45) is 6.04. The number of piperidine rings is 2. The Morgan fingerprint density at radius 3 is 2.33 bits per heavy atom. The van der Waals surface area contributed by atoms with Gasteiger partial charge in [-0.15, -0.1) is 12.4 Å². The number of rotatable bonds is 5. The molecule has 0 aromatic carbocycles. The molecule has 1 unspecified atom stereocenters. The van der Waals surface area contributed by atoms with Gasteiger partial charge in [0.15, 0.2) is 0 Å². The van der Waals surface area contributed by atoms with Crippen LogP contribution in [0.25, 0.3) is 0 Å². The fourth-order valence-electron chi connectivity index (χ4n) is 3.50. The third kappa shape index (κ3) is 6.02. The monoisotopic (exact) mass is 339 g/mol. The molecule has 7 heteroatoms. The molecule has 0 bridgehead atoms. The number of likely N-dealkylation sites (tertiary alicyclic amines) is 1. The molecular weight excluding hydrogens is 310 g/mol. The van der Waals surface area contributed by atoms with Crippen molar-refractivity contribution in [1.82, 2.24) is 14.5 Å². The van der Waals surface area contributed by atoms with Crippen LogP contribution < -0.4 is 5.32 Å². The standard InChI is InChI=1S/C14H29N3O2S.ClH/c1-15-10-13-5-8-16(9-6-13)11-14-4-3-7-17(12-14)20(2,18)19;/h13-15H,3-12H2,1-2H3;1H. The maximum absolute atomic E-state index is 11.6. The van der Waals surface area contributed by atoms with Gasteiger partial charge < -0.3 is 10.2 Å². The summed E-state index contributed by atoms with van der Waals surface area (Å²) < 4.78 is 25.0. The van der Waals surface area contributed by atoms with Crippen molar-refractivity contribution in [2.45, 2.75) is 25.7 Å². The van der Waals surface area contributed by atoms with E-state index in [1.807, 2.05) is 7.05 Å². The first-order valence-corrected chi connectivity index (χ1v) is 9.66. The van der Waals surface area contributed by atoms with E-state index in [2.05, 4.69) is 10.2 Å². The Morgan fingerprint density at radius 2 is 1.76 bits per heavy atom. The molecule has 0 amide bonds. The van der Waals surface area contributed by atoms with E-state index in [1.54, 1.807) is 4.31 Å². The molecule has 2 fully saturated rings. The zero-order valence-electron chi connectivity index (χ0n) is 13.3. The van der Waals surface area contributed by atoms with Crippen molar-refractivity contribution in [2.75, 3.05) is 52.6 Å². The zero-order valence-corrected chi connectivity index (χ0v) is 14.9. The molecule has 21 heavy (non-hydrogen) atoms. The maximum Gasteiger partial charge on any atom is 0.211 e. The molecule has 0 saturated carbocycles. The van der Waals surface area contributed by atoms with Crippen LogP contribution in [-0.2, 0) is 10.0 Å². The minimum atomic E-state index is -3.01. The average molecular weight is 340 g/mol. The Hall–Kier alpha value is 0.120. The van der Waals surface area contributed by atoms with Gasteiger partial charge in [-0.3, -0.25) is 0 Å². The molecule has 0 spiro atoms. The van der Waals surface area contributed by atoms with E-state index in [-0.39, 0.29) is 12.4 Å². The number of nitrogens with one attached hydrogen (secondary N) is 1. The SMILES string of the molecule is CNCC1CCN(CC2CCCN(S(C)(=O)=O)C2)CC1.Cl. The van der Waals surface area contributed by atoms with Crippen LogP contribution in [-0.4, -0.2) is 70.2 Å². The first-order chi connectivity index (χ1) is 9.49. The van der Waals surface area contributed by atoms with Crippen molar-refractivity contribution in [3.05, 3.63) is 0 Å². The molecule has 0 aliphatic carbocycles. The summed E-state index contributed by atoms with van der Waals surface area (Å²) in [5.74, 6) is 1.33. The van der Waals surface area contributed by atoms with Gasteiger partial charge in [-0.05, 0) is 64.2 Å². The van der Waals surface area contributed by atoms with E-state index in [4.69, 9.17) is 0 Å². The molecule has 2 saturated heterocycles. The topological polar surface area (TPSA) is 52.6 Å². The summed E-state index contributed by atoms with van der Waals surface area (Å²) in [4.78, 5) is 2.53. The Labute approximate surface area is 135 Å². The Kier molecular flexibility index (Phi) is 7.92. The quantitative estimate of drug-likeness (QED) is 0.812. The molecular formula is C14H30ClN3O2S. The normalized spacial score (nSPS) is 26.5. The highest BCUT2D eigenvalue weighted by atomic mass is 35.5. The predicted octanol–water partition coefficient (Wildman–Crippen LogP) is 1.01. The highest BCUT2D eigenvalue weighted by Gasteiger charge is 2.28. The van der Waals surface area contributed by atoms with Crippen molar-refractivity contribution in [2.24, 2.45) is 11.8 Å². The number of hydrogen-bond acceptors (Lipinski definition) is 4. The van der Waals surface area contributed by atoms with Gasteiger partial charge in [0.1, 0.15) is 0 Å². The Morgan fingerprint density at radius 1 is 1.10 bits per heavy atom. The summed E-state index contributed by atoms with van der Waals surface area (Å²) in [5.41, 5.74) is 0. The maximum atomic E-state index is 11.6. The molecule has 0 radical (unpaired) electrons. The molecule has 0 aromatic rings. The fourth-order valence-corrected chi connectivity index (χ4v) is 4.45. The van der Waals surface area contributed by atoms with Gasteiger partial charge in [0.05, 0.1) is 6.26 Å². The minimum Gasteiger partial charge on any atom is -0.319 e. The molecule has 2 rings (SSSR count). The van der Waals surface area contributed by atoms with Crippen LogP contribution in [0.5, 0.6) is 0 Å². The van der Waals surface area contributed by atoms with Crippen LogP contribution in [0.1, 0.15) is 25.7 Å². The van der Waals surface area contributed by atoms with Gasteiger partial charge >= 0.3 is 0 Å². The van der Waals surface area contributed by atoms with E-state index in [0.29, 0.717) is 12.5 Å².